The van der Waals surface area contributed by atoms with E-state index in [-0.39, 0.29) is 5.91 Å². The number of hydrogen-bond acceptors (Lipinski definition) is 4. The van der Waals surface area contributed by atoms with E-state index < -0.39 is 0 Å². The summed E-state index contributed by atoms with van der Waals surface area (Å²) in [5.41, 5.74) is 3.34. The van der Waals surface area contributed by atoms with E-state index >= 15 is 0 Å². The van der Waals surface area contributed by atoms with Gasteiger partial charge < -0.3 is 15.0 Å². The van der Waals surface area contributed by atoms with Gasteiger partial charge in [0.25, 0.3) is 5.91 Å². The lowest BCUT2D eigenvalue weighted by Gasteiger charge is -2.13. The van der Waals surface area contributed by atoms with Gasteiger partial charge in [-0.1, -0.05) is 23.8 Å². The first-order chi connectivity index (χ1) is 12.5. The van der Waals surface area contributed by atoms with Crippen molar-refractivity contribution in [1.29, 1.82) is 0 Å². The van der Waals surface area contributed by atoms with E-state index in [0.717, 1.165) is 11.4 Å². The average molecular weight is 347 g/mol. The maximum Gasteiger partial charge on any atom is 0.255 e. The van der Waals surface area contributed by atoms with Crippen molar-refractivity contribution in [3.63, 3.8) is 0 Å². The van der Waals surface area contributed by atoms with Crippen molar-refractivity contribution in [1.82, 2.24) is 4.98 Å². The third kappa shape index (κ3) is 4.39. The van der Waals surface area contributed by atoms with Crippen LogP contribution in [-0.2, 0) is 0 Å². The highest BCUT2D eigenvalue weighted by Gasteiger charge is 2.08. The Balaban J connectivity index is 1.66. The molecule has 1 heterocycles. The highest BCUT2D eigenvalue weighted by Crippen LogP contribution is 2.21. The molecule has 2 aromatic carbocycles. The van der Waals surface area contributed by atoms with Crippen molar-refractivity contribution in [2.24, 2.45) is 0 Å². The number of aromatic nitrogens is 1. The number of rotatable bonds is 5. The molecule has 0 saturated carbocycles. The highest BCUT2D eigenvalue weighted by atomic mass is 16.5. The molecule has 1 aromatic heterocycles. The van der Waals surface area contributed by atoms with Gasteiger partial charge in [-0.15, -0.1) is 0 Å². The molecular formula is C21H21N3O2. The number of carbonyl (C=O) groups is 1. The fraction of sp³-hybridized carbons (Fsp3) is 0.143. The zero-order valence-electron chi connectivity index (χ0n) is 15.1. The molecule has 0 spiro atoms. The Morgan fingerprint density at radius 2 is 1.81 bits per heavy atom. The summed E-state index contributed by atoms with van der Waals surface area (Å²) in [7, 11) is 3.88. The Bertz CT molecular complexity index is 888. The zero-order chi connectivity index (χ0) is 18.5. The molecule has 0 radical (unpaired) electrons. The van der Waals surface area contributed by atoms with Gasteiger partial charge in [-0.3, -0.25) is 4.79 Å². The van der Waals surface area contributed by atoms with Crippen molar-refractivity contribution in [2.45, 2.75) is 6.92 Å². The lowest BCUT2D eigenvalue weighted by atomic mass is 10.2. The van der Waals surface area contributed by atoms with Crippen molar-refractivity contribution in [3.05, 3.63) is 78.0 Å². The molecule has 1 amide bonds. The number of ether oxygens (including phenoxy) is 1. The number of pyridine rings is 1. The first-order valence-electron chi connectivity index (χ1n) is 8.30. The summed E-state index contributed by atoms with van der Waals surface area (Å²) < 4.78 is 5.69. The van der Waals surface area contributed by atoms with Crippen LogP contribution in [0.4, 0.5) is 11.4 Å². The molecule has 3 aromatic rings. The Morgan fingerprint density at radius 1 is 1.04 bits per heavy atom. The zero-order valence-corrected chi connectivity index (χ0v) is 15.1. The van der Waals surface area contributed by atoms with Crippen LogP contribution < -0.4 is 15.0 Å². The van der Waals surface area contributed by atoms with Gasteiger partial charge in [0.1, 0.15) is 5.75 Å². The molecule has 5 heteroatoms. The van der Waals surface area contributed by atoms with Gasteiger partial charge in [0.2, 0.25) is 5.88 Å². The van der Waals surface area contributed by atoms with Crippen LogP contribution in [0.25, 0.3) is 0 Å². The summed E-state index contributed by atoms with van der Waals surface area (Å²) in [4.78, 5) is 18.6. The van der Waals surface area contributed by atoms with Crippen LogP contribution in [0.15, 0.2) is 66.9 Å². The molecule has 5 nitrogen and oxygen atoms in total. The second-order valence-corrected chi connectivity index (χ2v) is 6.20. The largest absolute Gasteiger partial charge is 0.439 e. The molecule has 0 aliphatic rings. The summed E-state index contributed by atoms with van der Waals surface area (Å²) >= 11 is 0. The number of aryl methyl sites for hydroxylation is 1. The van der Waals surface area contributed by atoms with Crippen LogP contribution in [0.1, 0.15) is 15.9 Å². The van der Waals surface area contributed by atoms with Gasteiger partial charge in [-0.25, -0.2) is 4.98 Å². The molecule has 0 atom stereocenters. The molecule has 0 saturated heterocycles. The molecule has 0 aliphatic carbocycles. The van der Waals surface area contributed by atoms with Crippen LogP contribution in [0, 0.1) is 6.92 Å². The van der Waals surface area contributed by atoms with Crippen LogP contribution in [0.2, 0.25) is 0 Å². The van der Waals surface area contributed by atoms with Crippen molar-refractivity contribution in [3.8, 4) is 11.6 Å². The van der Waals surface area contributed by atoms with Gasteiger partial charge in [0.05, 0.1) is 11.9 Å². The summed E-state index contributed by atoms with van der Waals surface area (Å²) in [6.07, 6.45) is 1.58. The highest BCUT2D eigenvalue weighted by molar-refractivity contribution is 6.04. The van der Waals surface area contributed by atoms with E-state index in [1.54, 1.807) is 24.4 Å². The normalized spacial score (nSPS) is 10.3. The summed E-state index contributed by atoms with van der Waals surface area (Å²) in [5.74, 6) is 1.02. The van der Waals surface area contributed by atoms with Crippen LogP contribution in [-0.4, -0.2) is 25.0 Å². The number of anilines is 2. The molecular weight excluding hydrogens is 326 g/mol. The van der Waals surface area contributed by atoms with Crippen LogP contribution >= 0.6 is 0 Å². The second kappa shape index (κ2) is 7.70. The fourth-order valence-electron chi connectivity index (χ4n) is 2.37. The minimum atomic E-state index is -0.178. The van der Waals surface area contributed by atoms with Gasteiger partial charge in [-0.05, 0) is 43.3 Å². The van der Waals surface area contributed by atoms with E-state index in [4.69, 9.17) is 4.74 Å². The standard InChI is InChI=1S/C21H21N3O2/c1-15-7-10-19(11-8-15)26-20-12-9-17(14-22-20)23-21(25)16-5-4-6-18(13-16)24(2)3/h4-14H,1-3H3,(H,23,25). The Labute approximate surface area is 153 Å². The average Bonchev–Trinajstić information content (AvgIpc) is 2.65. The summed E-state index contributed by atoms with van der Waals surface area (Å²) in [6, 6.07) is 18.7. The van der Waals surface area contributed by atoms with E-state index in [2.05, 4.69) is 10.3 Å². The predicted molar refractivity (Wildman–Crippen MR) is 104 cm³/mol. The Hall–Kier alpha value is -3.34. The second-order valence-electron chi connectivity index (χ2n) is 6.20. The maximum atomic E-state index is 12.4. The smallest absolute Gasteiger partial charge is 0.255 e. The van der Waals surface area contributed by atoms with Gasteiger partial charge in [-0.2, -0.15) is 0 Å². The molecule has 0 aliphatic heterocycles. The van der Waals surface area contributed by atoms with Crippen LogP contribution in [0.5, 0.6) is 11.6 Å². The van der Waals surface area contributed by atoms with E-state index in [0.29, 0.717) is 17.1 Å². The monoisotopic (exact) mass is 347 g/mol. The SMILES string of the molecule is Cc1ccc(Oc2ccc(NC(=O)c3cccc(N(C)C)c3)cn2)cc1. The number of carbonyl (C=O) groups excluding carboxylic acids is 1. The summed E-state index contributed by atoms with van der Waals surface area (Å²) in [5, 5.41) is 2.85. The number of amides is 1. The van der Waals surface area contributed by atoms with E-state index in [1.807, 2.05) is 68.4 Å². The molecule has 0 unspecified atom stereocenters. The number of nitrogens with zero attached hydrogens (tertiary/aromatic N) is 2. The minimum Gasteiger partial charge on any atom is -0.439 e. The Kier molecular flexibility index (Phi) is 5.17. The van der Waals surface area contributed by atoms with Gasteiger partial charge in [0.15, 0.2) is 0 Å². The Morgan fingerprint density at radius 3 is 2.46 bits per heavy atom. The van der Waals surface area contributed by atoms with E-state index in [9.17, 15) is 4.79 Å². The first kappa shape index (κ1) is 17.5. The number of hydrogen-bond donors (Lipinski definition) is 1. The maximum absolute atomic E-state index is 12.4. The molecule has 0 bridgehead atoms. The third-order valence-electron chi connectivity index (χ3n) is 3.86. The molecule has 1 N–H and O–H groups in total. The fourth-order valence-corrected chi connectivity index (χ4v) is 2.37. The lowest BCUT2D eigenvalue weighted by molar-refractivity contribution is 0.102. The quantitative estimate of drug-likeness (QED) is 0.738. The third-order valence-corrected chi connectivity index (χ3v) is 3.86. The first-order valence-corrected chi connectivity index (χ1v) is 8.30. The molecule has 3 rings (SSSR count). The molecule has 132 valence electrons. The van der Waals surface area contributed by atoms with Crippen molar-refractivity contribution < 1.29 is 9.53 Å². The van der Waals surface area contributed by atoms with Gasteiger partial charge >= 0.3 is 0 Å². The minimum absolute atomic E-state index is 0.178. The number of nitrogens with one attached hydrogen (secondary N) is 1. The van der Waals surface area contributed by atoms with Crippen molar-refractivity contribution >= 4 is 17.3 Å². The molecule has 0 fully saturated rings. The van der Waals surface area contributed by atoms with Crippen molar-refractivity contribution in [2.75, 3.05) is 24.3 Å². The predicted octanol–water partition coefficient (Wildman–Crippen LogP) is 4.50. The lowest BCUT2D eigenvalue weighted by Crippen LogP contribution is -2.14. The molecule has 26 heavy (non-hydrogen) atoms. The number of benzene rings is 2. The van der Waals surface area contributed by atoms with Gasteiger partial charge in [0, 0.05) is 31.4 Å². The van der Waals surface area contributed by atoms with E-state index in [1.165, 1.54) is 5.56 Å². The topological polar surface area (TPSA) is 54.5 Å². The summed E-state index contributed by atoms with van der Waals surface area (Å²) in [6.45, 7) is 2.02. The van der Waals surface area contributed by atoms with Crippen LogP contribution in [0.3, 0.4) is 0 Å².